The average molecular weight is 197 g/mol. The summed E-state index contributed by atoms with van der Waals surface area (Å²) >= 11 is 0. The fourth-order valence-corrected chi connectivity index (χ4v) is 1.18. The molecule has 0 bridgehead atoms. The minimum Gasteiger partial charge on any atom is -0.495 e. The first-order chi connectivity index (χ1) is 6.77. The Bertz CT molecular complexity index is 278. The van der Waals surface area contributed by atoms with Crippen LogP contribution >= 0.6 is 0 Å². The quantitative estimate of drug-likeness (QED) is 0.736. The third kappa shape index (κ3) is 2.97. The molecule has 0 saturated carbocycles. The molecule has 0 fully saturated rings. The maximum atomic E-state index is 9.66. The van der Waals surface area contributed by atoms with E-state index in [4.69, 9.17) is 9.84 Å². The summed E-state index contributed by atoms with van der Waals surface area (Å²) < 4.78 is 4.99. The lowest BCUT2D eigenvalue weighted by atomic mass is 10.1. The second kappa shape index (κ2) is 5.57. The number of nitrogens with zero attached hydrogens (tertiary/aromatic N) is 1. The van der Waals surface area contributed by atoms with Gasteiger partial charge in [-0.25, -0.2) is 0 Å². The highest BCUT2D eigenvalue weighted by Gasteiger charge is 2.08. The van der Waals surface area contributed by atoms with Crippen LogP contribution in [0.15, 0.2) is 18.5 Å². The van der Waals surface area contributed by atoms with Crippen LogP contribution in [0.5, 0.6) is 5.75 Å². The lowest BCUT2D eigenvalue weighted by Crippen LogP contribution is -2.00. The maximum absolute atomic E-state index is 9.66. The van der Waals surface area contributed by atoms with Crippen LogP contribution in [0, 0.1) is 0 Å². The molecule has 14 heavy (non-hydrogen) atoms. The zero-order chi connectivity index (χ0) is 10.4. The van der Waals surface area contributed by atoms with E-state index in [2.05, 4.69) is 4.98 Å². The Balaban J connectivity index is 2.64. The van der Waals surface area contributed by atoms with Crippen LogP contribution in [0.3, 0.4) is 0 Å². The molecule has 4 heteroatoms. The molecule has 0 aliphatic rings. The molecule has 0 aliphatic carbocycles. The molecule has 0 radical (unpaired) electrons. The van der Waals surface area contributed by atoms with E-state index in [0.29, 0.717) is 18.6 Å². The van der Waals surface area contributed by atoms with Gasteiger partial charge in [-0.15, -0.1) is 0 Å². The number of methoxy groups -OCH3 is 1. The van der Waals surface area contributed by atoms with Gasteiger partial charge in [-0.05, 0) is 18.9 Å². The molecule has 2 N–H and O–H groups in total. The predicted molar refractivity (Wildman–Crippen MR) is 52.1 cm³/mol. The van der Waals surface area contributed by atoms with E-state index in [1.165, 1.54) is 0 Å². The lowest BCUT2D eigenvalue weighted by Gasteiger charge is -2.10. The number of aromatic nitrogens is 1. The molecule has 1 heterocycles. The zero-order valence-corrected chi connectivity index (χ0v) is 8.18. The molecule has 78 valence electrons. The van der Waals surface area contributed by atoms with Crippen molar-refractivity contribution in [1.82, 2.24) is 4.98 Å². The van der Waals surface area contributed by atoms with Crippen molar-refractivity contribution in [3.05, 3.63) is 24.0 Å². The van der Waals surface area contributed by atoms with Crippen LogP contribution in [0.2, 0.25) is 0 Å². The topological polar surface area (TPSA) is 62.6 Å². The van der Waals surface area contributed by atoms with E-state index in [1.807, 2.05) is 0 Å². The van der Waals surface area contributed by atoms with E-state index in [0.717, 1.165) is 5.56 Å². The van der Waals surface area contributed by atoms with Crippen molar-refractivity contribution in [3.8, 4) is 5.75 Å². The zero-order valence-electron chi connectivity index (χ0n) is 8.18. The highest BCUT2D eigenvalue weighted by Crippen LogP contribution is 2.20. The molecule has 0 aliphatic heterocycles. The Hall–Kier alpha value is -1.13. The summed E-state index contributed by atoms with van der Waals surface area (Å²) in [6.45, 7) is 0.0917. The number of hydrogen-bond acceptors (Lipinski definition) is 4. The maximum Gasteiger partial charge on any atom is 0.137 e. The number of pyridine rings is 1. The van der Waals surface area contributed by atoms with Crippen molar-refractivity contribution in [3.63, 3.8) is 0 Å². The summed E-state index contributed by atoms with van der Waals surface area (Å²) in [6, 6.07) is 1.75. The normalized spacial score (nSPS) is 12.5. The van der Waals surface area contributed by atoms with Crippen LogP contribution in [0.4, 0.5) is 0 Å². The first-order valence-electron chi connectivity index (χ1n) is 4.55. The van der Waals surface area contributed by atoms with Crippen molar-refractivity contribution in [2.75, 3.05) is 13.7 Å². The summed E-state index contributed by atoms with van der Waals surface area (Å²) in [4.78, 5) is 3.94. The lowest BCUT2D eigenvalue weighted by molar-refractivity contribution is 0.151. The summed E-state index contributed by atoms with van der Waals surface area (Å²) in [5.74, 6) is 0.630. The van der Waals surface area contributed by atoms with Gasteiger partial charge < -0.3 is 14.9 Å². The average Bonchev–Trinajstić information content (AvgIpc) is 2.26. The highest BCUT2D eigenvalue weighted by molar-refractivity contribution is 5.24. The van der Waals surface area contributed by atoms with E-state index in [9.17, 15) is 5.11 Å². The monoisotopic (exact) mass is 197 g/mol. The van der Waals surface area contributed by atoms with E-state index in [-0.39, 0.29) is 6.61 Å². The van der Waals surface area contributed by atoms with Gasteiger partial charge in [0, 0.05) is 18.4 Å². The molecule has 0 spiro atoms. The SMILES string of the molecule is COc1cncc(C(O)CCCO)c1. The third-order valence-corrected chi connectivity index (χ3v) is 1.99. The standard InChI is InChI=1S/C10H15NO3/c1-14-9-5-8(6-11-7-9)10(13)3-2-4-12/h5-7,10,12-13H,2-4H2,1H3. The number of ether oxygens (including phenoxy) is 1. The molecule has 0 saturated heterocycles. The van der Waals surface area contributed by atoms with Gasteiger partial charge in [0.25, 0.3) is 0 Å². The summed E-state index contributed by atoms with van der Waals surface area (Å²) in [7, 11) is 1.56. The van der Waals surface area contributed by atoms with E-state index >= 15 is 0 Å². The Morgan fingerprint density at radius 3 is 2.93 bits per heavy atom. The van der Waals surface area contributed by atoms with Crippen LogP contribution in [-0.2, 0) is 0 Å². The van der Waals surface area contributed by atoms with Gasteiger partial charge in [0.05, 0.1) is 19.4 Å². The van der Waals surface area contributed by atoms with E-state index < -0.39 is 6.10 Å². The Morgan fingerprint density at radius 2 is 2.29 bits per heavy atom. The first kappa shape index (κ1) is 10.9. The second-order valence-electron chi connectivity index (χ2n) is 3.04. The van der Waals surface area contributed by atoms with Crippen LogP contribution in [0.1, 0.15) is 24.5 Å². The summed E-state index contributed by atoms with van der Waals surface area (Å²) in [5.41, 5.74) is 0.720. The largest absolute Gasteiger partial charge is 0.495 e. The molecule has 1 rings (SSSR count). The van der Waals surface area contributed by atoms with Gasteiger partial charge in [0.1, 0.15) is 5.75 Å². The van der Waals surface area contributed by atoms with Crippen molar-refractivity contribution < 1.29 is 14.9 Å². The summed E-state index contributed by atoms with van der Waals surface area (Å²) in [5, 5.41) is 18.3. The number of aliphatic hydroxyl groups is 2. The highest BCUT2D eigenvalue weighted by atomic mass is 16.5. The van der Waals surface area contributed by atoms with Gasteiger partial charge in [0.15, 0.2) is 0 Å². The number of hydrogen-bond donors (Lipinski definition) is 2. The minimum absolute atomic E-state index is 0.0917. The molecule has 1 unspecified atom stereocenters. The molecule has 4 nitrogen and oxygen atoms in total. The predicted octanol–water partition coefficient (Wildman–Crippen LogP) is 0.896. The second-order valence-corrected chi connectivity index (χ2v) is 3.04. The Morgan fingerprint density at radius 1 is 1.50 bits per heavy atom. The summed E-state index contributed by atoms with van der Waals surface area (Å²) in [6.07, 6.45) is 3.72. The minimum atomic E-state index is -0.579. The molecule has 1 aromatic rings. The van der Waals surface area contributed by atoms with Gasteiger partial charge in [0.2, 0.25) is 0 Å². The molecule has 1 atom stereocenters. The Kier molecular flexibility index (Phi) is 4.35. The number of aliphatic hydroxyl groups excluding tert-OH is 2. The van der Waals surface area contributed by atoms with E-state index in [1.54, 1.807) is 25.6 Å². The van der Waals surface area contributed by atoms with Crippen molar-refractivity contribution >= 4 is 0 Å². The fourth-order valence-electron chi connectivity index (χ4n) is 1.18. The van der Waals surface area contributed by atoms with Gasteiger partial charge in [-0.3, -0.25) is 4.98 Å². The van der Waals surface area contributed by atoms with Crippen molar-refractivity contribution in [2.24, 2.45) is 0 Å². The molecular formula is C10H15NO3. The molecule has 0 aromatic carbocycles. The third-order valence-electron chi connectivity index (χ3n) is 1.99. The molecular weight excluding hydrogens is 182 g/mol. The first-order valence-corrected chi connectivity index (χ1v) is 4.55. The van der Waals surface area contributed by atoms with Crippen LogP contribution in [-0.4, -0.2) is 28.9 Å². The van der Waals surface area contributed by atoms with Crippen LogP contribution in [0.25, 0.3) is 0 Å². The fraction of sp³-hybridized carbons (Fsp3) is 0.500. The van der Waals surface area contributed by atoms with Crippen LogP contribution < -0.4 is 4.74 Å². The van der Waals surface area contributed by atoms with Crippen molar-refractivity contribution in [1.29, 1.82) is 0 Å². The molecule has 1 aromatic heterocycles. The molecule has 0 amide bonds. The van der Waals surface area contributed by atoms with Gasteiger partial charge >= 0.3 is 0 Å². The number of rotatable bonds is 5. The van der Waals surface area contributed by atoms with Gasteiger partial charge in [-0.1, -0.05) is 0 Å². The van der Waals surface area contributed by atoms with Gasteiger partial charge in [-0.2, -0.15) is 0 Å². The smallest absolute Gasteiger partial charge is 0.137 e. The Labute approximate surface area is 83.2 Å². The van der Waals surface area contributed by atoms with Crippen molar-refractivity contribution in [2.45, 2.75) is 18.9 Å².